The van der Waals surface area contributed by atoms with E-state index >= 15 is 0 Å². The Morgan fingerprint density at radius 1 is 1.09 bits per heavy atom. The van der Waals surface area contributed by atoms with E-state index in [-0.39, 0.29) is 0 Å². The van der Waals surface area contributed by atoms with Crippen LogP contribution in [0.15, 0.2) is 66.9 Å². The van der Waals surface area contributed by atoms with Crippen LogP contribution in [0.4, 0.5) is 0 Å². The van der Waals surface area contributed by atoms with Crippen molar-refractivity contribution in [1.82, 2.24) is 9.78 Å². The zero-order chi connectivity index (χ0) is 16.4. The quantitative estimate of drug-likeness (QED) is 0.771. The molecule has 3 N–H and O–H groups in total. The average molecular weight is 307 g/mol. The van der Waals surface area contributed by atoms with E-state index in [4.69, 9.17) is 5.73 Å². The van der Waals surface area contributed by atoms with Gasteiger partial charge in [0.05, 0.1) is 5.69 Å². The first-order valence-electron chi connectivity index (χ1n) is 7.20. The topological polar surface area (TPSA) is 81.1 Å². The molecule has 5 nitrogen and oxygen atoms in total. The fraction of sp³-hybridized carbons (Fsp3) is 0.111. The normalized spacial score (nSPS) is 13.5. The first kappa shape index (κ1) is 15.0. The van der Waals surface area contributed by atoms with Crippen molar-refractivity contribution in [3.8, 4) is 11.3 Å². The summed E-state index contributed by atoms with van der Waals surface area (Å²) in [5.74, 6) is -0.818. The summed E-state index contributed by atoms with van der Waals surface area (Å²) in [6.07, 6.45) is 1.83. The first-order valence-corrected chi connectivity index (χ1v) is 7.20. The number of hydrogen-bond acceptors (Lipinski definition) is 3. The highest BCUT2D eigenvalue weighted by Crippen LogP contribution is 2.31. The van der Waals surface area contributed by atoms with Crippen LogP contribution in [0.1, 0.15) is 11.1 Å². The number of carbonyl (C=O) groups is 1. The number of rotatable bonds is 4. The molecule has 2 aromatic carbocycles. The summed E-state index contributed by atoms with van der Waals surface area (Å²) in [7, 11) is 1.83. The standard InChI is InChI=1S/C18H17N3O2/c1-21-11-10-16(20-21)13-6-5-9-15(12-13)18(23,17(19)22)14-7-3-2-4-8-14/h2-12,23H,1H3,(H2,19,22). The second-order valence-electron chi connectivity index (χ2n) is 5.40. The summed E-state index contributed by atoms with van der Waals surface area (Å²) in [6.45, 7) is 0. The molecule has 0 aliphatic rings. The van der Waals surface area contributed by atoms with Crippen molar-refractivity contribution in [3.63, 3.8) is 0 Å². The second-order valence-corrected chi connectivity index (χ2v) is 5.40. The van der Waals surface area contributed by atoms with Crippen molar-refractivity contribution in [3.05, 3.63) is 78.0 Å². The predicted molar refractivity (Wildman–Crippen MR) is 87.3 cm³/mol. The van der Waals surface area contributed by atoms with Gasteiger partial charge in [0.1, 0.15) is 0 Å². The van der Waals surface area contributed by atoms with E-state index < -0.39 is 11.5 Å². The smallest absolute Gasteiger partial charge is 0.258 e. The monoisotopic (exact) mass is 307 g/mol. The Morgan fingerprint density at radius 3 is 2.39 bits per heavy atom. The summed E-state index contributed by atoms with van der Waals surface area (Å²) in [5, 5.41) is 15.3. The number of aliphatic hydroxyl groups is 1. The van der Waals surface area contributed by atoms with E-state index in [1.807, 2.05) is 31.4 Å². The summed E-state index contributed by atoms with van der Waals surface area (Å²) in [4.78, 5) is 12.0. The van der Waals surface area contributed by atoms with Crippen molar-refractivity contribution in [2.45, 2.75) is 5.60 Å². The lowest BCUT2D eigenvalue weighted by atomic mass is 9.85. The summed E-state index contributed by atoms with van der Waals surface area (Å²) >= 11 is 0. The SMILES string of the molecule is Cn1ccc(-c2cccc(C(O)(C(N)=O)c3ccccc3)c2)n1. The van der Waals surface area contributed by atoms with Crippen LogP contribution in [-0.2, 0) is 17.4 Å². The molecular weight excluding hydrogens is 290 g/mol. The molecule has 1 aromatic heterocycles. The van der Waals surface area contributed by atoms with E-state index in [1.165, 1.54) is 0 Å². The van der Waals surface area contributed by atoms with E-state index in [9.17, 15) is 9.90 Å². The number of aromatic nitrogens is 2. The Kier molecular flexibility index (Phi) is 3.72. The van der Waals surface area contributed by atoms with Crippen LogP contribution >= 0.6 is 0 Å². The number of nitrogens with zero attached hydrogens (tertiary/aromatic N) is 2. The Morgan fingerprint density at radius 2 is 1.78 bits per heavy atom. The molecule has 0 fully saturated rings. The molecule has 1 heterocycles. The van der Waals surface area contributed by atoms with E-state index in [0.29, 0.717) is 11.1 Å². The third-order valence-corrected chi connectivity index (χ3v) is 3.84. The lowest BCUT2D eigenvalue weighted by Crippen LogP contribution is -2.42. The lowest BCUT2D eigenvalue weighted by molar-refractivity contribution is -0.133. The molecule has 0 aliphatic heterocycles. The van der Waals surface area contributed by atoms with Gasteiger partial charge in [0, 0.05) is 18.8 Å². The highest BCUT2D eigenvalue weighted by atomic mass is 16.3. The highest BCUT2D eigenvalue weighted by molar-refractivity contribution is 5.89. The van der Waals surface area contributed by atoms with E-state index in [2.05, 4.69) is 5.10 Å². The summed E-state index contributed by atoms with van der Waals surface area (Å²) in [6, 6.07) is 17.6. The lowest BCUT2D eigenvalue weighted by Gasteiger charge is -2.26. The molecule has 0 aliphatic carbocycles. The Hall–Kier alpha value is -2.92. The minimum absolute atomic E-state index is 0.416. The van der Waals surface area contributed by atoms with Gasteiger partial charge in [-0.15, -0.1) is 0 Å². The minimum Gasteiger partial charge on any atom is -0.372 e. The second kappa shape index (κ2) is 5.70. The number of carbonyl (C=O) groups excluding carboxylic acids is 1. The molecule has 3 aromatic rings. The molecule has 0 radical (unpaired) electrons. The maximum Gasteiger partial charge on any atom is 0.258 e. The van der Waals surface area contributed by atoms with Gasteiger partial charge in [-0.1, -0.05) is 48.5 Å². The van der Waals surface area contributed by atoms with Gasteiger partial charge in [-0.25, -0.2) is 0 Å². The van der Waals surface area contributed by atoms with Crippen LogP contribution in [0, 0.1) is 0 Å². The van der Waals surface area contributed by atoms with Gasteiger partial charge in [-0.2, -0.15) is 5.10 Å². The fourth-order valence-electron chi connectivity index (χ4n) is 2.60. The van der Waals surface area contributed by atoms with Gasteiger partial charge >= 0.3 is 0 Å². The van der Waals surface area contributed by atoms with Gasteiger partial charge in [0.15, 0.2) is 5.60 Å². The molecule has 0 saturated heterocycles. The van der Waals surface area contributed by atoms with Gasteiger partial charge in [0.2, 0.25) is 0 Å². The molecule has 0 bridgehead atoms. The highest BCUT2D eigenvalue weighted by Gasteiger charge is 2.38. The molecule has 5 heteroatoms. The van der Waals surface area contributed by atoms with Gasteiger partial charge < -0.3 is 10.8 Å². The number of amides is 1. The zero-order valence-corrected chi connectivity index (χ0v) is 12.7. The van der Waals surface area contributed by atoms with Crippen LogP contribution in [0.5, 0.6) is 0 Å². The van der Waals surface area contributed by atoms with Gasteiger partial charge in [-0.05, 0) is 23.3 Å². The van der Waals surface area contributed by atoms with E-state index in [0.717, 1.165) is 11.3 Å². The number of primary amides is 1. The third kappa shape index (κ3) is 2.62. The molecule has 23 heavy (non-hydrogen) atoms. The molecule has 0 spiro atoms. The van der Waals surface area contributed by atoms with Crippen molar-refractivity contribution >= 4 is 5.91 Å². The molecular formula is C18H17N3O2. The molecule has 0 saturated carbocycles. The van der Waals surface area contributed by atoms with Gasteiger partial charge in [-0.3, -0.25) is 9.48 Å². The number of nitrogens with two attached hydrogens (primary N) is 1. The van der Waals surface area contributed by atoms with Crippen LogP contribution in [0.2, 0.25) is 0 Å². The third-order valence-electron chi connectivity index (χ3n) is 3.84. The minimum atomic E-state index is -1.88. The van der Waals surface area contributed by atoms with Crippen LogP contribution in [0.3, 0.4) is 0 Å². The fourth-order valence-corrected chi connectivity index (χ4v) is 2.60. The van der Waals surface area contributed by atoms with Crippen LogP contribution < -0.4 is 5.73 Å². The van der Waals surface area contributed by atoms with Gasteiger partial charge in [0.25, 0.3) is 5.91 Å². The number of hydrogen-bond donors (Lipinski definition) is 2. The Bertz CT molecular complexity index is 842. The average Bonchev–Trinajstić information content (AvgIpc) is 3.01. The molecule has 3 rings (SSSR count). The maximum absolute atomic E-state index is 12.0. The zero-order valence-electron chi connectivity index (χ0n) is 12.7. The number of benzene rings is 2. The van der Waals surface area contributed by atoms with Crippen LogP contribution in [0.25, 0.3) is 11.3 Å². The first-order chi connectivity index (χ1) is 11.0. The Balaban J connectivity index is 2.13. The predicted octanol–water partition coefficient (Wildman–Crippen LogP) is 1.81. The van der Waals surface area contributed by atoms with Crippen molar-refractivity contribution in [1.29, 1.82) is 0 Å². The molecule has 1 atom stereocenters. The van der Waals surface area contributed by atoms with Crippen molar-refractivity contribution in [2.75, 3.05) is 0 Å². The molecule has 1 unspecified atom stereocenters. The van der Waals surface area contributed by atoms with Crippen LogP contribution in [-0.4, -0.2) is 20.8 Å². The molecule has 116 valence electrons. The maximum atomic E-state index is 12.0. The van der Waals surface area contributed by atoms with Crippen molar-refractivity contribution in [2.24, 2.45) is 12.8 Å². The Labute approximate surface area is 134 Å². The largest absolute Gasteiger partial charge is 0.372 e. The summed E-state index contributed by atoms with van der Waals surface area (Å²) in [5.41, 5.74) is 6.05. The van der Waals surface area contributed by atoms with E-state index in [1.54, 1.807) is 47.1 Å². The molecule has 1 amide bonds. The number of aryl methyl sites for hydroxylation is 1. The van der Waals surface area contributed by atoms with Crippen molar-refractivity contribution < 1.29 is 9.90 Å². The summed E-state index contributed by atoms with van der Waals surface area (Å²) < 4.78 is 1.69.